The summed E-state index contributed by atoms with van der Waals surface area (Å²) in [6.07, 6.45) is 0.903. The van der Waals surface area contributed by atoms with Crippen LogP contribution in [0.5, 0.6) is 0 Å². The van der Waals surface area contributed by atoms with Gasteiger partial charge in [-0.25, -0.2) is 4.99 Å². The smallest absolute Gasteiger partial charge is 0.248 e. The van der Waals surface area contributed by atoms with Crippen LogP contribution in [0.25, 0.3) is 0 Å². The van der Waals surface area contributed by atoms with Crippen molar-refractivity contribution in [2.24, 2.45) is 16.6 Å². The van der Waals surface area contributed by atoms with Crippen molar-refractivity contribution in [3.63, 3.8) is 0 Å². The average Bonchev–Trinajstić information content (AvgIpc) is 3.07. The third-order valence-electron chi connectivity index (χ3n) is 4.31. The van der Waals surface area contributed by atoms with E-state index in [0.717, 1.165) is 25.1 Å². The number of hydrogen-bond donors (Lipinski definition) is 3. The summed E-state index contributed by atoms with van der Waals surface area (Å²) in [7, 11) is 0. The van der Waals surface area contributed by atoms with Gasteiger partial charge in [0.1, 0.15) is 0 Å². The molecule has 1 saturated heterocycles. The Morgan fingerprint density at radius 3 is 2.74 bits per heavy atom. The molecule has 4 N–H and O–H groups in total. The lowest BCUT2D eigenvalue weighted by Gasteiger charge is -2.20. The Morgan fingerprint density at radius 1 is 1.37 bits per heavy atom. The molecule has 1 aromatic rings. The first-order chi connectivity index (χ1) is 12.4. The summed E-state index contributed by atoms with van der Waals surface area (Å²) in [5.74, 6) is 0.482. The number of likely N-dealkylation sites (tertiary alicyclic amines) is 1. The molecule has 2 rings (SSSR count). The molecule has 1 fully saturated rings. The molecule has 2 amide bonds. The highest BCUT2D eigenvalue weighted by molar-refractivity contribution is 14.0. The minimum Gasteiger partial charge on any atom is -0.366 e. The highest BCUT2D eigenvalue weighted by Gasteiger charge is 2.27. The van der Waals surface area contributed by atoms with Crippen LogP contribution in [-0.2, 0) is 11.3 Å². The third kappa shape index (κ3) is 7.00. The van der Waals surface area contributed by atoms with Crippen LogP contribution in [-0.4, -0.2) is 48.3 Å². The van der Waals surface area contributed by atoms with Crippen molar-refractivity contribution in [3.8, 4) is 0 Å². The second kappa shape index (κ2) is 11.1. The first kappa shape index (κ1) is 23.2. The van der Waals surface area contributed by atoms with E-state index < -0.39 is 5.91 Å². The topological polar surface area (TPSA) is 99.8 Å². The lowest BCUT2D eigenvalue weighted by molar-refractivity contribution is -0.133. The Bertz CT molecular complexity index is 678. The normalized spacial score (nSPS) is 16.8. The molecule has 7 nitrogen and oxygen atoms in total. The van der Waals surface area contributed by atoms with Crippen LogP contribution in [0.4, 0.5) is 0 Å². The third-order valence-corrected chi connectivity index (χ3v) is 4.31. The summed E-state index contributed by atoms with van der Waals surface area (Å²) in [6, 6.07) is 7.36. The molecule has 1 aromatic carbocycles. The molecule has 0 aromatic heterocycles. The summed E-state index contributed by atoms with van der Waals surface area (Å²) in [5, 5.41) is 6.63. The van der Waals surface area contributed by atoms with Gasteiger partial charge >= 0.3 is 0 Å². The molecule has 0 saturated carbocycles. The zero-order valence-corrected chi connectivity index (χ0v) is 18.5. The average molecular weight is 487 g/mol. The maximum atomic E-state index is 12.1. The minimum atomic E-state index is -0.443. The summed E-state index contributed by atoms with van der Waals surface area (Å²) in [6.45, 7) is 8.51. The molecule has 0 radical (unpaired) electrons. The summed E-state index contributed by atoms with van der Waals surface area (Å²) in [5.41, 5.74) is 6.72. The molecule has 1 unspecified atom stereocenters. The number of primary amides is 1. The van der Waals surface area contributed by atoms with Crippen molar-refractivity contribution in [2.45, 2.75) is 39.8 Å². The van der Waals surface area contributed by atoms with Gasteiger partial charge in [0, 0.05) is 37.2 Å². The van der Waals surface area contributed by atoms with Gasteiger partial charge in [0.05, 0.1) is 6.54 Å². The highest BCUT2D eigenvalue weighted by Crippen LogP contribution is 2.13. The van der Waals surface area contributed by atoms with E-state index in [0.29, 0.717) is 24.6 Å². The Balaban J connectivity index is 0.00000364. The molecule has 0 spiro atoms. The number of hydrogen-bond acceptors (Lipinski definition) is 3. The van der Waals surface area contributed by atoms with Crippen molar-refractivity contribution >= 4 is 41.8 Å². The van der Waals surface area contributed by atoms with E-state index in [1.54, 1.807) is 18.2 Å². The van der Waals surface area contributed by atoms with Gasteiger partial charge in [-0.2, -0.15) is 0 Å². The minimum absolute atomic E-state index is 0. The largest absolute Gasteiger partial charge is 0.366 e. The molecule has 1 aliphatic rings. The van der Waals surface area contributed by atoms with E-state index >= 15 is 0 Å². The Morgan fingerprint density at radius 2 is 2.11 bits per heavy atom. The van der Waals surface area contributed by atoms with E-state index in [9.17, 15) is 9.59 Å². The monoisotopic (exact) mass is 487 g/mol. The number of guanidine groups is 1. The lowest BCUT2D eigenvalue weighted by Crippen LogP contribution is -2.45. The first-order valence-corrected chi connectivity index (χ1v) is 9.13. The van der Waals surface area contributed by atoms with Crippen molar-refractivity contribution in [2.75, 3.05) is 19.6 Å². The molecular weight excluding hydrogens is 457 g/mol. The number of amides is 2. The predicted molar refractivity (Wildman–Crippen MR) is 118 cm³/mol. The zero-order chi connectivity index (χ0) is 19.1. The van der Waals surface area contributed by atoms with Crippen LogP contribution in [0.15, 0.2) is 29.3 Å². The van der Waals surface area contributed by atoms with Crippen LogP contribution in [0.2, 0.25) is 0 Å². The molecule has 0 bridgehead atoms. The fraction of sp³-hybridized carbons (Fsp3) is 0.526. The second-order valence-electron chi connectivity index (χ2n) is 6.83. The standard InChI is InChI=1S/C19H29N5O2.HI/c1-4-21-19(22-11-14-6-5-7-15(10-14)17(20)25)23-16-8-9-24(12-16)18(26)13(2)3;/h5-7,10,13,16H,4,8-9,11-12H2,1-3H3,(H2,20,25)(H2,21,22,23);1H. The number of nitrogens with two attached hydrogens (primary N) is 1. The van der Waals surface area contributed by atoms with Crippen LogP contribution in [0, 0.1) is 5.92 Å². The number of benzene rings is 1. The number of rotatable bonds is 6. The molecule has 150 valence electrons. The predicted octanol–water partition coefficient (Wildman–Crippen LogP) is 1.72. The number of carbonyl (C=O) groups is 2. The molecule has 8 heteroatoms. The fourth-order valence-electron chi connectivity index (χ4n) is 2.95. The van der Waals surface area contributed by atoms with Gasteiger partial charge in [0.15, 0.2) is 5.96 Å². The number of carbonyl (C=O) groups excluding carboxylic acids is 2. The molecule has 27 heavy (non-hydrogen) atoms. The first-order valence-electron chi connectivity index (χ1n) is 9.13. The van der Waals surface area contributed by atoms with Crippen molar-refractivity contribution in [3.05, 3.63) is 35.4 Å². The number of halogens is 1. The van der Waals surface area contributed by atoms with E-state index in [1.807, 2.05) is 31.7 Å². The highest BCUT2D eigenvalue weighted by atomic mass is 127. The van der Waals surface area contributed by atoms with Gasteiger partial charge in [-0.1, -0.05) is 26.0 Å². The second-order valence-corrected chi connectivity index (χ2v) is 6.83. The van der Waals surface area contributed by atoms with Crippen molar-refractivity contribution < 1.29 is 9.59 Å². The number of nitrogens with one attached hydrogen (secondary N) is 2. The molecule has 0 aliphatic carbocycles. The van der Waals surface area contributed by atoms with Crippen LogP contribution >= 0.6 is 24.0 Å². The van der Waals surface area contributed by atoms with Gasteiger partial charge in [-0.15, -0.1) is 24.0 Å². The van der Waals surface area contributed by atoms with Gasteiger partial charge in [0.2, 0.25) is 11.8 Å². The Labute approximate surface area is 178 Å². The molecule has 1 atom stereocenters. The van der Waals surface area contributed by atoms with E-state index in [2.05, 4.69) is 15.6 Å². The van der Waals surface area contributed by atoms with Crippen LogP contribution in [0.3, 0.4) is 0 Å². The Kier molecular flexibility index (Phi) is 9.54. The number of nitrogens with zero attached hydrogens (tertiary/aromatic N) is 2. The quantitative estimate of drug-likeness (QED) is 0.323. The van der Waals surface area contributed by atoms with Crippen LogP contribution in [0.1, 0.15) is 43.1 Å². The fourth-order valence-corrected chi connectivity index (χ4v) is 2.95. The van der Waals surface area contributed by atoms with Crippen LogP contribution < -0.4 is 16.4 Å². The SMILES string of the molecule is CCNC(=NCc1cccc(C(N)=O)c1)NC1CCN(C(=O)C(C)C)C1.I. The van der Waals surface area contributed by atoms with Crippen molar-refractivity contribution in [1.82, 2.24) is 15.5 Å². The van der Waals surface area contributed by atoms with E-state index in [-0.39, 0.29) is 41.8 Å². The summed E-state index contributed by atoms with van der Waals surface area (Å²) < 4.78 is 0. The van der Waals surface area contributed by atoms with Gasteiger partial charge in [-0.3, -0.25) is 9.59 Å². The van der Waals surface area contributed by atoms with Crippen molar-refractivity contribution in [1.29, 1.82) is 0 Å². The van der Waals surface area contributed by atoms with Gasteiger partial charge in [-0.05, 0) is 31.0 Å². The van der Waals surface area contributed by atoms with E-state index in [4.69, 9.17) is 5.73 Å². The van der Waals surface area contributed by atoms with Gasteiger partial charge in [0.25, 0.3) is 0 Å². The van der Waals surface area contributed by atoms with Gasteiger partial charge < -0.3 is 21.3 Å². The molecular formula is C19H30IN5O2. The zero-order valence-electron chi connectivity index (χ0n) is 16.2. The lowest BCUT2D eigenvalue weighted by atomic mass is 10.1. The number of aliphatic imine (C=N–C) groups is 1. The van der Waals surface area contributed by atoms with E-state index in [1.165, 1.54) is 0 Å². The molecule has 1 heterocycles. The molecule has 1 aliphatic heterocycles. The summed E-state index contributed by atoms with van der Waals surface area (Å²) >= 11 is 0. The Hall–Kier alpha value is -1.84. The maximum Gasteiger partial charge on any atom is 0.248 e. The maximum absolute atomic E-state index is 12.1. The summed E-state index contributed by atoms with van der Waals surface area (Å²) in [4.78, 5) is 29.9.